The van der Waals surface area contributed by atoms with E-state index < -0.39 is 0 Å². The van der Waals surface area contributed by atoms with Gasteiger partial charge in [0, 0.05) is 17.1 Å². The van der Waals surface area contributed by atoms with E-state index in [-0.39, 0.29) is 11.6 Å². The van der Waals surface area contributed by atoms with Gasteiger partial charge in [0.1, 0.15) is 0 Å². The normalized spacial score (nSPS) is 13.8. The number of pyridine rings is 1. The summed E-state index contributed by atoms with van der Waals surface area (Å²) >= 11 is 0. The quantitative estimate of drug-likeness (QED) is 0.878. The average Bonchev–Trinajstić information content (AvgIpc) is 2.49. The topological polar surface area (TPSA) is 28.2 Å². The van der Waals surface area contributed by atoms with E-state index in [9.17, 15) is 0 Å². The van der Waals surface area contributed by atoms with Gasteiger partial charge in [-0.3, -0.25) is 9.88 Å². The van der Waals surface area contributed by atoms with Crippen molar-refractivity contribution in [1.82, 2.24) is 15.2 Å². The first-order valence-electron chi connectivity index (χ1n) is 7.82. The highest BCUT2D eigenvalue weighted by Gasteiger charge is 2.35. The molecule has 114 valence electrons. The van der Waals surface area contributed by atoms with Gasteiger partial charge < -0.3 is 5.32 Å². The molecule has 0 saturated carbocycles. The number of rotatable bonds is 6. The molecule has 1 aromatic carbocycles. The molecule has 1 aromatic heterocycles. The lowest BCUT2D eigenvalue weighted by Gasteiger charge is -2.43. The van der Waals surface area contributed by atoms with Crippen molar-refractivity contribution in [3.8, 4) is 0 Å². The van der Waals surface area contributed by atoms with Gasteiger partial charge in [0.25, 0.3) is 0 Å². The predicted octanol–water partition coefficient (Wildman–Crippen LogP) is 3.62. The van der Waals surface area contributed by atoms with E-state index in [1.165, 1.54) is 10.9 Å². The Labute approximate surface area is 128 Å². The van der Waals surface area contributed by atoms with Crippen molar-refractivity contribution in [1.29, 1.82) is 0 Å². The van der Waals surface area contributed by atoms with Gasteiger partial charge in [0.05, 0.1) is 11.6 Å². The molecule has 2 rings (SSSR count). The fraction of sp³-hybridized carbons (Fsp3) is 0.500. The fourth-order valence-corrected chi connectivity index (χ4v) is 3.47. The summed E-state index contributed by atoms with van der Waals surface area (Å²) in [5.41, 5.74) is 2.39. The van der Waals surface area contributed by atoms with Crippen LogP contribution in [0.2, 0.25) is 0 Å². The maximum atomic E-state index is 4.62. The van der Waals surface area contributed by atoms with Crippen LogP contribution in [0.5, 0.6) is 0 Å². The van der Waals surface area contributed by atoms with Crippen LogP contribution in [0.4, 0.5) is 0 Å². The number of aromatic nitrogens is 1. The lowest BCUT2D eigenvalue weighted by Crippen LogP contribution is -2.52. The molecular weight excluding hydrogens is 258 g/mol. The van der Waals surface area contributed by atoms with Crippen molar-refractivity contribution < 1.29 is 0 Å². The summed E-state index contributed by atoms with van der Waals surface area (Å²) in [7, 11) is 2.04. The Morgan fingerprint density at radius 2 is 1.81 bits per heavy atom. The SMILES string of the molecule is CCN(CC)C(C)(C)C(NC)c1cccc2cccnc12. The van der Waals surface area contributed by atoms with E-state index in [2.05, 4.69) is 67.2 Å². The molecule has 1 N–H and O–H groups in total. The van der Waals surface area contributed by atoms with Crippen molar-refractivity contribution in [2.45, 2.75) is 39.3 Å². The van der Waals surface area contributed by atoms with E-state index in [1.807, 2.05) is 19.3 Å². The van der Waals surface area contributed by atoms with Crippen LogP contribution in [-0.2, 0) is 0 Å². The van der Waals surface area contributed by atoms with Crippen molar-refractivity contribution in [2.24, 2.45) is 0 Å². The highest BCUT2D eigenvalue weighted by atomic mass is 15.2. The molecular formula is C18H27N3. The van der Waals surface area contributed by atoms with E-state index in [1.54, 1.807) is 0 Å². The number of likely N-dealkylation sites (N-methyl/N-ethyl adjacent to an activating group) is 2. The number of hydrogen-bond donors (Lipinski definition) is 1. The predicted molar refractivity (Wildman–Crippen MR) is 90.5 cm³/mol. The Balaban J connectivity index is 2.54. The third kappa shape index (κ3) is 2.94. The fourth-order valence-electron chi connectivity index (χ4n) is 3.47. The molecule has 3 heteroatoms. The molecule has 0 aliphatic carbocycles. The van der Waals surface area contributed by atoms with Gasteiger partial charge in [0.15, 0.2) is 0 Å². The van der Waals surface area contributed by atoms with Crippen LogP contribution in [0.25, 0.3) is 10.9 Å². The number of hydrogen-bond acceptors (Lipinski definition) is 3. The molecule has 0 bridgehead atoms. The van der Waals surface area contributed by atoms with Gasteiger partial charge in [-0.25, -0.2) is 0 Å². The zero-order valence-corrected chi connectivity index (χ0v) is 13.9. The summed E-state index contributed by atoms with van der Waals surface area (Å²) in [6, 6.07) is 10.8. The van der Waals surface area contributed by atoms with Gasteiger partial charge in [-0.15, -0.1) is 0 Å². The first-order chi connectivity index (χ1) is 10.1. The maximum Gasteiger partial charge on any atom is 0.0750 e. The second-order valence-electron chi connectivity index (χ2n) is 5.97. The Bertz CT molecular complexity index is 583. The monoisotopic (exact) mass is 285 g/mol. The lowest BCUT2D eigenvalue weighted by atomic mass is 9.85. The Hall–Kier alpha value is -1.45. The maximum absolute atomic E-state index is 4.62. The molecule has 0 radical (unpaired) electrons. The summed E-state index contributed by atoms with van der Waals surface area (Å²) in [6.07, 6.45) is 1.88. The molecule has 0 amide bonds. The summed E-state index contributed by atoms with van der Waals surface area (Å²) in [5.74, 6) is 0. The van der Waals surface area contributed by atoms with E-state index in [0.29, 0.717) is 0 Å². The number of nitrogens with one attached hydrogen (secondary N) is 1. The van der Waals surface area contributed by atoms with E-state index in [0.717, 1.165) is 18.6 Å². The van der Waals surface area contributed by atoms with Crippen LogP contribution >= 0.6 is 0 Å². The van der Waals surface area contributed by atoms with Crippen molar-refractivity contribution in [3.05, 3.63) is 42.1 Å². The smallest absolute Gasteiger partial charge is 0.0750 e. The first kappa shape index (κ1) is 15.9. The summed E-state index contributed by atoms with van der Waals surface area (Å²) in [5, 5.41) is 4.72. The van der Waals surface area contributed by atoms with Gasteiger partial charge >= 0.3 is 0 Å². The van der Waals surface area contributed by atoms with Gasteiger partial charge in [-0.2, -0.15) is 0 Å². The Kier molecular flexibility index (Phi) is 4.96. The number of nitrogens with zero attached hydrogens (tertiary/aromatic N) is 2. The van der Waals surface area contributed by atoms with Crippen LogP contribution in [-0.4, -0.2) is 35.6 Å². The molecule has 0 aliphatic rings. The largest absolute Gasteiger partial charge is 0.311 e. The average molecular weight is 285 g/mol. The zero-order valence-electron chi connectivity index (χ0n) is 13.9. The lowest BCUT2D eigenvalue weighted by molar-refractivity contribution is 0.0949. The molecule has 1 unspecified atom stereocenters. The van der Waals surface area contributed by atoms with Crippen LogP contribution < -0.4 is 5.32 Å². The number of benzene rings is 1. The Morgan fingerprint density at radius 1 is 1.14 bits per heavy atom. The molecule has 1 atom stereocenters. The van der Waals surface area contributed by atoms with Crippen LogP contribution in [0.1, 0.15) is 39.3 Å². The number of fused-ring (bicyclic) bond motifs is 1. The van der Waals surface area contributed by atoms with Crippen molar-refractivity contribution in [3.63, 3.8) is 0 Å². The highest BCUT2D eigenvalue weighted by Crippen LogP contribution is 2.33. The molecule has 21 heavy (non-hydrogen) atoms. The molecule has 3 nitrogen and oxygen atoms in total. The molecule has 0 aliphatic heterocycles. The zero-order chi connectivity index (χ0) is 15.5. The standard InChI is InChI=1S/C18H27N3/c1-6-21(7-2)18(3,4)17(19-5)15-12-8-10-14-11-9-13-20-16(14)15/h8-13,17,19H,6-7H2,1-5H3. The second kappa shape index (κ2) is 6.54. The highest BCUT2D eigenvalue weighted by molar-refractivity contribution is 5.82. The summed E-state index contributed by atoms with van der Waals surface area (Å²) in [6.45, 7) is 11.1. The summed E-state index contributed by atoms with van der Waals surface area (Å²) in [4.78, 5) is 7.11. The molecule has 0 saturated heterocycles. The molecule has 0 fully saturated rings. The van der Waals surface area contributed by atoms with Crippen LogP contribution in [0, 0.1) is 0 Å². The third-order valence-corrected chi connectivity index (χ3v) is 4.55. The molecule has 2 aromatic rings. The minimum Gasteiger partial charge on any atom is -0.311 e. The van der Waals surface area contributed by atoms with E-state index >= 15 is 0 Å². The van der Waals surface area contributed by atoms with Crippen LogP contribution in [0.3, 0.4) is 0 Å². The Morgan fingerprint density at radius 3 is 2.43 bits per heavy atom. The van der Waals surface area contributed by atoms with Gasteiger partial charge in [-0.1, -0.05) is 38.1 Å². The van der Waals surface area contributed by atoms with Gasteiger partial charge in [-0.05, 0) is 45.6 Å². The molecule has 1 heterocycles. The minimum absolute atomic E-state index is 0.0179. The van der Waals surface area contributed by atoms with Crippen molar-refractivity contribution in [2.75, 3.05) is 20.1 Å². The minimum atomic E-state index is 0.0179. The summed E-state index contributed by atoms with van der Waals surface area (Å²) < 4.78 is 0. The molecule has 0 spiro atoms. The first-order valence-corrected chi connectivity index (χ1v) is 7.82. The second-order valence-corrected chi connectivity index (χ2v) is 5.97. The van der Waals surface area contributed by atoms with Crippen molar-refractivity contribution >= 4 is 10.9 Å². The van der Waals surface area contributed by atoms with Crippen LogP contribution in [0.15, 0.2) is 36.5 Å². The third-order valence-electron chi connectivity index (χ3n) is 4.55. The van der Waals surface area contributed by atoms with E-state index in [4.69, 9.17) is 0 Å². The number of para-hydroxylation sites is 1. The van der Waals surface area contributed by atoms with Gasteiger partial charge in [0.2, 0.25) is 0 Å².